The van der Waals surface area contributed by atoms with E-state index in [1.165, 1.54) is 19.3 Å². The molecule has 0 saturated carbocycles. The molecule has 13 heavy (non-hydrogen) atoms. The minimum absolute atomic E-state index is 0.0943. The lowest BCUT2D eigenvalue weighted by molar-refractivity contribution is -0.532. The molecule has 2 atom stereocenters. The molecule has 0 aliphatic heterocycles. The number of nitro groups is 1. The summed E-state index contributed by atoms with van der Waals surface area (Å²) in [4.78, 5) is 10.1. The second-order valence-electron chi connectivity index (χ2n) is 2.77. The van der Waals surface area contributed by atoms with Crippen LogP contribution in [0.4, 0.5) is 0 Å². The van der Waals surface area contributed by atoms with E-state index in [9.17, 15) is 10.1 Å². The second kappa shape index (κ2) is 3.15. The third-order valence-electron chi connectivity index (χ3n) is 1.95. The molecule has 4 N–H and O–H groups in total. The fourth-order valence-electron chi connectivity index (χ4n) is 1.22. The molecule has 0 aromatic carbocycles. The van der Waals surface area contributed by atoms with Crippen LogP contribution < -0.4 is 11.5 Å². The second-order valence-corrected chi connectivity index (χ2v) is 2.77. The van der Waals surface area contributed by atoms with Gasteiger partial charge >= 0.3 is 0 Å². The van der Waals surface area contributed by atoms with Gasteiger partial charge in [-0.3, -0.25) is 15.8 Å². The van der Waals surface area contributed by atoms with E-state index in [2.05, 4.69) is 0 Å². The summed E-state index contributed by atoms with van der Waals surface area (Å²) in [7, 11) is 1.30. The van der Waals surface area contributed by atoms with Crippen molar-refractivity contribution in [2.45, 2.75) is 11.8 Å². The lowest BCUT2D eigenvalue weighted by Gasteiger charge is -2.29. The third kappa shape index (κ3) is 1.53. The third-order valence-corrected chi connectivity index (χ3v) is 1.95. The highest BCUT2D eigenvalue weighted by atomic mass is 16.6. The zero-order valence-corrected chi connectivity index (χ0v) is 7.14. The Kier molecular flexibility index (Phi) is 2.35. The van der Waals surface area contributed by atoms with Gasteiger partial charge in [-0.15, -0.1) is 0 Å². The van der Waals surface area contributed by atoms with Gasteiger partial charge in [-0.2, -0.15) is 0 Å². The van der Waals surface area contributed by atoms with Crippen molar-refractivity contribution >= 4 is 0 Å². The fraction of sp³-hybridized carbons (Fsp3) is 0.429. The van der Waals surface area contributed by atoms with Crippen LogP contribution in [0.25, 0.3) is 0 Å². The number of nitrogens with two attached hydrogens (primary N) is 2. The smallest absolute Gasteiger partial charge is 0.297 e. The molecule has 0 amide bonds. The lowest BCUT2D eigenvalue weighted by atomic mass is 9.97. The normalized spacial score (nSPS) is 32.8. The molecule has 0 fully saturated rings. The van der Waals surface area contributed by atoms with E-state index >= 15 is 0 Å². The Labute approximate surface area is 75.0 Å². The van der Waals surface area contributed by atoms with Crippen molar-refractivity contribution in [1.82, 2.24) is 0 Å². The first-order valence-corrected chi connectivity index (χ1v) is 3.63. The van der Waals surface area contributed by atoms with Gasteiger partial charge in [-0.05, 0) is 12.2 Å². The number of rotatable bonds is 2. The van der Waals surface area contributed by atoms with E-state index in [0.717, 1.165) is 0 Å². The molecule has 0 spiro atoms. The average Bonchev–Trinajstić information content (AvgIpc) is 2.03. The molecule has 0 aromatic rings. The number of ether oxygens (including phenoxy) is 1. The van der Waals surface area contributed by atoms with Crippen LogP contribution in [0, 0.1) is 10.1 Å². The average molecular weight is 185 g/mol. The zero-order valence-electron chi connectivity index (χ0n) is 7.14. The fourth-order valence-corrected chi connectivity index (χ4v) is 1.22. The number of methoxy groups -OCH3 is 1. The number of hydrogen-bond acceptors (Lipinski definition) is 5. The molecular formula is C7H11N3O3. The summed E-state index contributed by atoms with van der Waals surface area (Å²) in [6, 6.07) is -1.22. The zero-order chi connectivity index (χ0) is 10.1. The highest BCUT2D eigenvalue weighted by molar-refractivity contribution is 5.27. The van der Waals surface area contributed by atoms with Crippen LogP contribution in [0.15, 0.2) is 23.9 Å². The van der Waals surface area contributed by atoms with Crippen molar-refractivity contribution in [2.24, 2.45) is 11.5 Å². The maximum absolute atomic E-state index is 10.6. The Morgan fingerprint density at radius 2 is 2.38 bits per heavy atom. The summed E-state index contributed by atoms with van der Waals surface area (Å²) in [5.41, 5.74) is 9.71. The van der Waals surface area contributed by atoms with Crippen LogP contribution in [-0.4, -0.2) is 23.8 Å². The molecule has 6 heteroatoms. The first kappa shape index (κ1) is 9.69. The molecular weight excluding hydrogens is 174 g/mol. The van der Waals surface area contributed by atoms with Crippen LogP contribution in [0.5, 0.6) is 0 Å². The van der Waals surface area contributed by atoms with Gasteiger partial charge < -0.3 is 10.5 Å². The molecule has 0 bridgehead atoms. The molecule has 1 rings (SSSR count). The summed E-state index contributed by atoms with van der Waals surface area (Å²) in [6.07, 6.45) is 4.40. The summed E-state index contributed by atoms with van der Waals surface area (Å²) in [5.74, 6) is 0. The Morgan fingerprint density at radius 1 is 1.77 bits per heavy atom. The molecule has 1 aliphatic carbocycles. The van der Waals surface area contributed by atoms with E-state index in [-0.39, 0.29) is 5.70 Å². The van der Waals surface area contributed by atoms with Crippen molar-refractivity contribution in [3.05, 3.63) is 34.0 Å². The maximum Gasteiger partial charge on any atom is 0.297 e. The van der Waals surface area contributed by atoms with Crippen LogP contribution in [0.3, 0.4) is 0 Å². The number of hydrogen-bond donors (Lipinski definition) is 2. The van der Waals surface area contributed by atoms with Gasteiger partial charge in [0.15, 0.2) is 0 Å². The monoisotopic (exact) mass is 185 g/mol. The summed E-state index contributed by atoms with van der Waals surface area (Å²) in [6.45, 7) is 0. The van der Waals surface area contributed by atoms with E-state index in [1.54, 1.807) is 6.08 Å². The van der Waals surface area contributed by atoms with Crippen molar-refractivity contribution in [2.75, 3.05) is 7.11 Å². The van der Waals surface area contributed by atoms with Crippen molar-refractivity contribution in [3.8, 4) is 0 Å². The van der Waals surface area contributed by atoms with E-state index in [0.29, 0.717) is 0 Å². The van der Waals surface area contributed by atoms with E-state index in [1.807, 2.05) is 0 Å². The van der Waals surface area contributed by atoms with Crippen LogP contribution in [0.1, 0.15) is 0 Å². The first-order chi connectivity index (χ1) is 6.01. The van der Waals surface area contributed by atoms with Gasteiger partial charge in [0, 0.05) is 12.0 Å². The van der Waals surface area contributed by atoms with Gasteiger partial charge in [0.25, 0.3) is 6.04 Å². The molecule has 1 aliphatic rings. The molecule has 0 radical (unpaired) electrons. The quantitative estimate of drug-likeness (QED) is 0.338. The van der Waals surface area contributed by atoms with Crippen molar-refractivity contribution in [3.63, 3.8) is 0 Å². The minimum atomic E-state index is -1.44. The van der Waals surface area contributed by atoms with Crippen LogP contribution in [-0.2, 0) is 4.74 Å². The highest BCUT2D eigenvalue weighted by Gasteiger charge is 2.45. The molecule has 0 aromatic heterocycles. The molecule has 6 nitrogen and oxygen atoms in total. The number of allylic oxidation sites excluding steroid dienone is 2. The first-order valence-electron chi connectivity index (χ1n) is 3.63. The topological polar surface area (TPSA) is 104 Å². The number of nitrogens with zero attached hydrogens (tertiary/aromatic N) is 1. The highest BCUT2D eigenvalue weighted by Crippen LogP contribution is 2.21. The lowest BCUT2D eigenvalue weighted by Crippen LogP contribution is -2.57. The molecule has 2 unspecified atom stereocenters. The van der Waals surface area contributed by atoms with Gasteiger partial charge in [-0.25, -0.2) is 0 Å². The molecule has 0 heterocycles. The maximum atomic E-state index is 10.6. The van der Waals surface area contributed by atoms with Crippen molar-refractivity contribution < 1.29 is 9.66 Å². The Bertz CT molecular complexity index is 287. The Hall–Kier alpha value is -1.40. The largest absolute Gasteiger partial charge is 0.396 e. The van der Waals surface area contributed by atoms with Gasteiger partial charge in [0.2, 0.25) is 5.72 Å². The van der Waals surface area contributed by atoms with E-state index < -0.39 is 16.7 Å². The molecule has 0 saturated heterocycles. The van der Waals surface area contributed by atoms with Gasteiger partial charge in [-0.1, -0.05) is 6.08 Å². The standard InChI is InChI=1S/C7H11N3O3/c1-13-7(9)4-2-3-5(8)6(7)10(11)12/h2-4,6H,8-9H2,1H3. The summed E-state index contributed by atoms with van der Waals surface area (Å²) in [5, 5.41) is 10.6. The Morgan fingerprint density at radius 3 is 2.77 bits per heavy atom. The SMILES string of the molecule is COC1(N)C=CC=C(N)C1[N+](=O)[O-]. The summed E-state index contributed by atoms with van der Waals surface area (Å²) >= 11 is 0. The van der Waals surface area contributed by atoms with E-state index in [4.69, 9.17) is 16.2 Å². The van der Waals surface area contributed by atoms with Gasteiger partial charge in [0.05, 0.1) is 5.70 Å². The summed E-state index contributed by atoms with van der Waals surface area (Å²) < 4.78 is 4.85. The Balaban J connectivity index is 3.06. The van der Waals surface area contributed by atoms with Gasteiger partial charge in [0.1, 0.15) is 0 Å². The minimum Gasteiger partial charge on any atom is -0.396 e. The predicted octanol–water partition coefficient (Wildman–Crippen LogP) is -0.654. The molecule has 72 valence electrons. The predicted molar refractivity (Wildman–Crippen MR) is 46.1 cm³/mol. The van der Waals surface area contributed by atoms with Crippen molar-refractivity contribution in [1.29, 1.82) is 0 Å². The van der Waals surface area contributed by atoms with Crippen LogP contribution in [0.2, 0.25) is 0 Å². The van der Waals surface area contributed by atoms with Crippen LogP contribution >= 0.6 is 0 Å².